The summed E-state index contributed by atoms with van der Waals surface area (Å²) in [6, 6.07) is 18.4. The molecule has 2 amide bonds. The van der Waals surface area contributed by atoms with E-state index in [0.29, 0.717) is 32.6 Å². The summed E-state index contributed by atoms with van der Waals surface area (Å²) in [5, 5.41) is 0. The molecule has 2 aromatic rings. The lowest BCUT2D eigenvalue weighted by Crippen LogP contribution is -2.53. The van der Waals surface area contributed by atoms with Crippen LogP contribution in [0, 0.1) is 0 Å². The summed E-state index contributed by atoms with van der Waals surface area (Å²) >= 11 is 3.52. The van der Waals surface area contributed by atoms with Gasteiger partial charge in [-0.3, -0.25) is 9.59 Å². The molecule has 0 spiro atoms. The van der Waals surface area contributed by atoms with Crippen molar-refractivity contribution in [1.82, 2.24) is 9.80 Å². The van der Waals surface area contributed by atoms with Gasteiger partial charge in [0.25, 0.3) is 0 Å². The first kappa shape index (κ1) is 20.1. The third kappa shape index (κ3) is 4.55. The van der Waals surface area contributed by atoms with Crippen LogP contribution < -0.4 is 0 Å². The molecular formula is C24H27BrN2O2. The monoisotopic (exact) mass is 454 g/mol. The first-order valence-electron chi connectivity index (χ1n) is 10.5. The third-order valence-corrected chi connectivity index (χ3v) is 6.65. The van der Waals surface area contributed by atoms with Crippen LogP contribution in [0.5, 0.6) is 0 Å². The maximum Gasteiger partial charge on any atom is 0.233 e. The summed E-state index contributed by atoms with van der Waals surface area (Å²) in [5.41, 5.74) is 2.04. The van der Waals surface area contributed by atoms with Crippen molar-refractivity contribution in [3.63, 3.8) is 0 Å². The summed E-state index contributed by atoms with van der Waals surface area (Å²) in [6.07, 6.45) is 4.21. The number of benzene rings is 2. The minimum Gasteiger partial charge on any atom is -0.339 e. The van der Waals surface area contributed by atoms with Crippen molar-refractivity contribution in [3.05, 3.63) is 70.2 Å². The molecule has 152 valence electrons. The Hall–Kier alpha value is -2.14. The van der Waals surface area contributed by atoms with Gasteiger partial charge in [0.05, 0.1) is 5.41 Å². The van der Waals surface area contributed by atoms with Gasteiger partial charge in [-0.05, 0) is 48.9 Å². The standard InChI is InChI=1S/C24H27BrN2O2/c25-21-10-5-9-20(18-21)24(12-13-24)23(29)27-16-14-26(15-17-27)22(28)11-4-8-19-6-2-1-3-7-19/h1-3,5-7,9-10,18H,4,8,11-17H2. The highest BCUT2D eigenvalue weighted by Gasteiger charge is 2.53. The van der Waals surface area contributed by atoms with E-state index in [2.05, 4.69) is 40.2 Å². The van der Waals surface area contributed by atoms with Crippen molar-refractivity contribution in [2.24, 2.45) is 0 Å². The minimum absolute atomic E-state index is 0.209. The van der Waals surface area contributed by atoms with Crippen LogP contribution in [-0.2, 0) is 21.4 Å². The molecule has 4 rings (SSSR count). The summed E-state index contributed by atoms with van der Waals surface area (Å²) in [5.74, 6) is 0.438. The maximum absolute atomic E-state index is 13.2. The molecule has 0 unspecified atom stereocenters. The molecule has 1 aliphatic carbocycles. The smallest absolute Gasteiger partial charge is 0.233 e. The van der Waals surface area contributed by atoms with Crippen LogP contribution in [0.4, 0.5) is 0 Å². The maximum atomic E-state index is 13.2. The number of hydrogen-bond acceptors (Lipinski definition) is 2. The molecule has 29 heavy (non-hydrogen) atoms. The van der Waals surface area contributed by atoms with E-state index in [0.717, 1.165) is 35.7 Å². The zero-order valence-electron chi connectivity index (χ0n) is 16.6. The Bertz CT molecular complexity index is 871. The van der Waals surface area contributed by atoms with Crippen LogP contribution in [0.2, 0.25) is 0 Å². The largest absolute Gasteiger partial charge is 0.339 e. The van der Waals surface area contributed by atoms with Gasteiger partial charge in [-0.2, -0.15) is 0 Å². The zero-order valence-corrected chi connectivity index (χ0v) is 18.2. The predicted octanol–water partition coefficient (Wildman–Crippen LogP) is 4.17. The highest BCUT2D eigenvalue weighted by atomic mass is 79.9. The Labute approximate surface area is 181 Å². The molecule has 2 aromatic carbocycles. The molecule has 2 fully saturated rings. The fourth-order valence-electron chi connectivity index (χ4n) is 4.25. The topological polar surface area (TPSA) is 40.6 Å². The van der Waals surface area contributed by atoms with Gasteiger partial charge in [0, 0.05) is 37.1 Å². The van der Waals surface area contributed by atoms with Crippen molar-refractivity contribution in [2.75, 3.05) is 26.2 Å². The van der Waals surface area contributed by atoms with Crippen molar-refractivity contribution in [2.45, 2.75) is 37.5 Å². The Kier molecular flexibility index (Phi) is 6.04. The highest BCUT2D eigenvalue weighted by Crippen LogP contribution is 2.50. The average Bonchev–Trinajstić information content (AvgIpc) is 3.56. The molecule has 1 aliphatic heterocycles. The molecule has 0 N–H and O–H groups in total. The van der Waals surface area contributed by atoms with Gasteiger partial charge < -0.3 is 9.80 Å². The fraction of sp³-hybridized carbons (Fsp3) is 0.417. The Morgan fingerprint density at radius 3 is 2.24 bits per heavy atom. The van der Waals surface area contributed by atoms with Crippen LogP contribution in [0.3, 0.4) is 0 Å². The van der Waals surface area contributed by atoms with Gasteiger partial charge in [-0.15, -0.1) is 0 Å². The van der Waals surface area contributed by atoms with Gasteiger partial charge >= 0.3 is 0 Å². The second-order valence-electron chi connectivity index (χ2n) is 8.10. The molecule has 4 nitrogen and oxygen atoms in total. The second kappa shape index (κ2) is 8.70. The molecule has 0 bridgehead atoms. The van der Waals surface area contributed by atoms with Gasteiger partial charge in [0.1, 0.15) is 0 Å². The summed E-state index contributed by atoms with van der Waals surface area (Å²) in [6.45, 7) is 2.56. The fourth-order valence-corrected chi connectivity index (χ4v) is 4.64. The number of amides is 2. The summed E-state index contributed by atoms with van der Waals surface area (Å²) in [7, 11) is 0. The first-order valence-corrected chi connectivity index (χ1v) is 11.2. The van der Waals surface area contributed by atoms with Crippen LogP contribution >= 0.6 is 15.9 Å². The third-order valence-electron chi connectivity index (χ3n) is 6.16. The van der Waals surface area contributed by atoms with E-state index in [9.17, 15) is 9.59 Å². The van der Waals surface area contributed by atoms with Crippen molar-refractivity contribution >= 4 is 27.7 Å². The molecule has 5 heteroatoms. The van der Waals surface area contributed by atoms with E-state index in [1.54, 1.807) is 0 Å². The van der Waals surface area contributed by atoms with E-state index in [-0.39, 0.29) is 17.2 Å². The normalized spacial score (nSPS) is 17.8. The number of hydrogen-bond donors (Lipinski definition) is 0. The number of halogens is 1. The molecule has 1 saturated heterocycles. The van der Waals surface area contributed by atoms with Gasteiger partial charge in [0.15, 0.2) is 0 Å². The number of nitrogens with zero attached hydrogens (tertiary/aromatic N) is 2. The van der Waals surface area contributed by atoms with Gasteiger partial charge in [-0.25, -0.2) is 0 Å². The summed E-state index contributed by atoms with van der Waals surface area (Å²) in [4.78, 5) is 29.6. The van der Waals surface area contributed by atoms with Crippen molar-refractivity contribution in [1.29, 1.82) is 0 Å². The molecule has 0 atom stereocenters. The SMILES string of the molecule is O=C(CCCc1ccccc1)N1CCN(C(=O)C2(c3cccc(Br)c3)CC2)CC1. The molecule has 1 saturated carbocycles. The quantitative estimate of drug-likeness (QED) is 0.656. The van der Waals surface area contributed by atoms with Crippen LogP contribution in [0.1, 0.15) is 36.8 Å². The number of carbonyl (C=O) groups is 2. The molecule has 0 aromatic heterocycles. The van der Waals surface area contributed by atoms with E-state index in [1.807, 2.05) is 40.1 Å². The molecule has 0 radical (unpaired) electrons. The number of rotatable bonds is 6. The van der Waals surface area contributed by atoms with Crippen molar-refractivity contribution in [3.8, 4) is 0 Å². The van der Waals surface area contributed by atoms with Gasteiger partial charge in [0.2, 0.25) is 11.8 Å². The summed E-state index contributed by atoms with van der Waals surface area (Å²) < 4.78 is 1.01. The predicted molar refractivity (Wildman–Crippen MR) is 118 cm³/mol. The lowest BCUT2D eigenvalue weighted by Gasteiger charge is -2.37. The van der Waals surface area contributed by atoms with Crippen molar-refractivity contribution < 1.29 is 9.59 Å². The van der Waals surface area contributed by atoms with E-state index < -0.39 is 0 Å². The average molecular weight is 455 g/mol. The van der Waals surface area contributed by atoms with E-state index >= 15 is 0 Å². The highest BCUT2D eigenvalue weighted by molar-refractivity contribution is 9.10. The van der Waals surface area contributed by atoms with Crippen LogP contribution in [0.15, 0.2) is 59.1 Å². The Morgan fingerprint density at radius 2 is 1.59 bits per heavy atom. The van der Waals surface area contributed by atoms with E-state index in [1.165, 1.54) is 5.56 Å². The van der Waals surface area contributed by atoms with Crippen LogP contribution in [-0.4, -0.2) is 47.8 Å². The Balaban J connectivity index is 1.27. The molecular weight excluding hydrogens is 428 g/mol. The minimum atomic E-state index is -0.342. The lowest BCUT2D eigenvalue weighted by molar-refractivity contribution is -0.141. The number of piperazine rings is 1. The zero-order chi connectivity index (χ0) is 20.3. The number of aryl methyl sites for hydroxylation is 1. The first-order chi connectivity index (χ1) is 14.1. The lowest BCUT2D eigenvalue weighted by atomic mass is 9.94. The molecule has 2 aliphatic rings. The number of carbonyl (C=O) groups excluding carboxylic acids is 2. The van der Waals surface area contributed by atoms with Gasteiger partial charge in [-0.1, -0.05) is 58.4 Å². The molecule has 1 heterocycles. The Morgan fingerprint density at radius 1 is 0.897 bits per heavy atom. The van der Waals surface area contributed by atoms with Crippen LogP contribution in [0.25, 0.3) is 0 Å². The second-order valence-corrected chi connectivity index (χ2v) is 9.02. The van der Waals surface area contributed by atoms with E-state index in [4.69, 9.17) is 0 Å².